The number of nitrogens with zero attached hydrogens (tertiary/aromatic N) is 2. The van der Waals surface area contributed by atoms with Gasteiger partial charge >= 0.3 is 0 Å². The van der Waals surface area contributed by atoms with Crippen LogP contribution < -0.4 is 4.90 Å². The normalized spacial score (nSPS) is 27.2. The molecular formula is C40H32Cl2N2O6. The number of carbonyl (C=O) groups is 4. The maximum atomic E-state index is 15.3. The lowest BCUT2D eigenvalue weighted by Crippen LogP contribution is -2.53. The lowest BCUT2D eigenvalue weighted by Gasteiger charge is -2.51. The molecule has 50 heavy (non-hydrogen) atoms. The number of allylic oxidation sites excluding steroid dienone is 2. The van der Waals surface area contributed by atoms with Crippen molar-refractivity contribution in [1.82, 2.24) is 4.90 Å². The van der Waals surface area contributed by atoms with Crippen LogP contribution in [0.1, 0.15) is 35.4 Å². The second kappa shape index (κ2) is 12.1. The molecule has 2 aliphatic carbocycles. The van der Waals surface area contributed by atoms with Crippen molar-refractivity contribution in [3.05, 3.63) is 135 Å². The van der Waals surface area contributed by atoms with Gasteiger partial charge in [-0.1, -0.05) is 89.4 Å². The molecule has 0 aromatic heterocycles. The molecule has 8 nitrogen and oxygen atoms in total. The Morgan fingerprint density at radius 1 is 0.760 bits per heavy atom. The number of rotatable bonds is 6. The van der Waals surface area contributed by atoms with E-state index >= 15 is 4.79 Å². The molecule has 2 aliphatic heterocycles. The summed E-state index contributed by atoms with van der Waals surface area (Å²) >= 11 is 13.3. The molecule has 4 amide bonds. The number of fused-ring (bicyclic) bond motifs is 4. The summed E-state index contributed by atoms with van der Waals surface area (Å²) < 4.78 is 0. The Bertz CT molecular complexity index is 2100. The quantitative estimate of drug-likeness (QED) is 0.168. The van der Waals surface area contributed by atoms with Gasteiger partial charge in [-0.3, -0.25) is 24.1 Å². The summed E-state index contributed by atoms with van der Waals surface area (Å²) in [7, 11) is 0. The van der Waals surface area contributed by atoms with E-state index in [9.17, 15) is 24.6 Å². The number of benzene rings is 4. The number of carbonyl (C=O) groups excluding carboxylic acids is 4. The molecule has 2 saturated heterocycles. The zero-order valence-corrected chi connectivity index (χ0v) is 28.2. The SMILES string of the molecule is O=C1C2CC=C3C(CC4C(=O)N(c5cccc(Cl)c5)C(=O)C4(c4ccccc4)C3c3ccc(O)cc3Cl)C2C(=O)N1CCc1ccc(O)cc1. The monoisotopic (exact) mass is 706 g/mol. The predicted octanol–water partition coefficient (Wildman–Crippen LogP) is 6.81. The zero-order valence-electron chi connectivity index (χ0n) is 26.7. The van der Waals surface area contributed by atoms with Gasteiger partial charge in [0.1, 0.15) is 11.5 Å². The van der Waals surface area contributed by atoms with Crippen LogP contribution in [0.3, 0.4) is 0 Å². The fourth-order valence-corrected chi connectivity index (χ4v) is 9.50. The third-order valence-corrected chi connectivity index (χ3v) is 11.7. The highest BCUT2D eigenvalue weighted by atomic mass is 35.5. The van der Waals surface area contributed by atoms with Gasteiger partial charge < -0.3 is 10.2 Å². The number of imide groups is 2. The number of anilines is 1. The van der Waals surface area contributed by atoms with Crippen molar-refractivity contribution in [3.8, 4) is 11.5 Å². The molecule has 8 rings (SSSR count). The lowest BCUT2D eigenvalue weighted by atomic mass is 9.49. The molecule has 4 aromatic rings. The maximum absolute atomic E-state index is 15.3. The molecule has 2 N–H and O–H groups in total. The number of hydrogen-bond donors (Lipinski definition) is 2. The number of likely N-dealkylation sites (tertiary alicyclic amines) is 1. The first kappa shape index (κ1) is 32.3. The Balaban J connectivity index is 1.28. The number of hydrogen-bond acceptors (Lipinski definition) is 6. The Labute approximate surface area is 298 Å². The fourth-order valence-electron chi connectivity index (χ4n) is 9.03. The van der Waals surface area contributed by atoms with Crippen LogP contribution in [0.15, 0.2) is 109 Å². The first-order valence-electron chi connectivity index (χ1n) is 16.6. The Kier molecular flexibility index (Phi) is 7.84. The summed E-state index contributed by atoms with van der Waals surface area (Å²) in [5.41, 5.74) is 1.72. The van der Waals surface area contributed by atoms with Crippen LogP contribution >= 0.6 is 23.2 Å². The highest BCUT2D eigenvalue weighted by Gasteiger charge is 2.70. The molecule has 2 heterocycles. The van der Waals surface area contributed by atoms with E-state index in [-0.39, 0.29) is 41.3 Å². The van der Waals surface area contributed by atoms with Crippen LogP contribution in [0.25, 0.3) is 0 Å². The predicted molar refractivity (Wildman–Crippen MR) is 188 cm³/mol. The number of aromatic hydroxyl groups is 2. The van der Waals surface area contributed by atoms with Crippen molar-refractivity contribution in [2.24, 2.45) is 23.7 Å². The van der Waals surface area contributed by atoms with Gasteiger partial charge in [0.15, 0.2) is 0 Å². The summed E-state index contributed by atoms with van der Waals surface area (Å²) in [6.45, 7) is 0.183. The van der Waals surface area contributed by atoms with Gasteiger partial charge in [0.25, 0.3) is 0 Å². The third kappa shape index (κ3) is 4.80. The van der Waals surface area contributed by atoms with Crippen LogP contribution in [0.4, 0.5) is 5.69 Å². The summed E-state index contributed by atoms with van der Waals surface area (Å²) in [4.78, 5) is 60.8. The highest BCUT2D eigenvalue weighted by Crippen LogP contribution is 2.65. The van der Waals surface area contributed by atoms with E-state index in [2.05, 4.69) is 0 Å². The molecule has 0 bridgehead atoms. The van der Waals surface area contributed by atoms with Crippen molar-refractivity contribution in [2.75, 3.05) is 11.4 Å². The minimum Gasteiger partial charge on any atom is -0.508 e. The molecule has 4 aliphatic rings. The summed E-state index contributed by atoms with van der Waals surface area (Å²) in [6, 6.07) is 27.1. The zero-order chi connectivity index (χ0) is 34.9. The van der Waals surface area contributed by atoms with Crippen molar-refractivity contribution in [1.29, 1.82) is 0 Å². The molecule has 10 heteroatoms. The Morgan fingerprint density at radius 3 is 2.22 bits per heavy atom. The molecule has 1 saturated carbocycles. The van der Waals surface area contributed by atoms with Crippen molar-refractivity contribution >= 4 is 52.5 Å². The topological polar surface area (TPSA) is 115 Å². The highest BCUT2D eigenvalue weighted by molar-refractivity contribution is 6.33. The van der Waals surface area contributed by atoms with E-state index in [1.165, 1.54) is 21.9 Å². The van der Waals surface area contributed by atoms with Crippen LogP contribution in [0, 0.1) is 23.7 Å². The van der Waals surface area contributed by atoms with Crippen molar-refractivity contribution in [3.63, 3.8) is 0 Å². The molecule has 0 spiro atoms. The average Bonchev–Trinajstić information content (AvgIpc) is 3.49. The largest absolute Gasteiger partial charge is 0.508 e. The molecule has 3 fully saturated rings. The van der Waals surface area contributed by atoms with Gasteiger partial charge in [0.05, 0.1) is 28.9 Å². The fraction of sp³-hybridized carbons (Fsp3) is 0.250. The lowest BCUT2D eigenvalue weighted by molar-refractivity contribution is -0.140. The number of phenols is 2. The van der Waals surface area contributed by atoms with E-state index in [1.807, 2.05) is 36.4 Å². The smallest absolute Gasteiger partial charge is 0.246 e. The second-order valence-electron chi connectivity index (χ2n) is 13.5. The van der Waals surface area contributed by atoms with E-state index in [1.54, 1.807) is 54.6 Å². The maximum Gasteiger partial charge on any atom is 0.246 e. The number of amides is 4. The number of halogens is 2. The standard InChI is InChI=1S/C40H32Cl2N2O6/c41-24-7-4-8-25(19-24)44-37(48)32-21-31-28(15-16-30-34(31)38(49)43(36(30)47)18-17-22-9-11-26(45)12-10-22)35(29-14-13-27(46)20-33(29)42)40(32,39(44)50)23-5-2-1-3-6-23/h1-15,19-20,30-32,34-35,45-46H,16-18,21H2. The van der Waals surface area contributed by atoms with Gasteiger partial charge in [-0.15, -0.1) is 0 Å². The van der Waals surface area contributed by atoms with Crippen LogP contribution in [0.5, 0.6) is 11.5 Å². The van der Waals surface area contributed by atoms with Crippen LogP contribution in [-0.2, 0) is 31.0 Å². The summed E-state index contributed by atoms with van der Waals surface area (Å²) in [5, 5.41) is 20.6. The second-order valence-corrected chi connectivity index (χ2v) is 14.4. The first-order chi connectivity index (χ1) is 24.1. The molecule has 252 valence electrons. The summed E-state index contributed by atoms with van der Waals surface area (Å²) in [5.74, 6) is -4.87. The summed E-state index contributed by atoms with van der Waals surface area (Å²) in [6.07, 6.45) is 2.86. The minimum atomic E-state index is -1.46. The van der Waals surface area contributed by atoms with Gasteiger partial charge in [-0.25, -0.2) is 4.90 Å². The van der Waals surface area contributed by atoms with E-state index in [0.29, 0.717) is 34.7 Å². The third-order valence-electron chi connectivity index (χ3n) is 11.1. The van der Waals surface area contributed by atoms with Gasteiger partial charge in [-0.2, -0.15) is 0 Å². The molecule has 4 aromatic carbocycles. The molecule has 0 radical (unpaired) electrons. The van der Waals surface area contributed by atoms with Crippen molar-refractivity contribution in [2.45, 2.75) is 30.6 Å². The van der Waals surface area contributed by atoms with Gasteiger partial charge in [-0.05, 0) is 84.3 Å². The van der Waals surface area contributed by atoms with Crippen LogP contribution in [0.2, 0.25) is 10.0 Å². The Hall–Kier alpha value is -4.92. The average molecular weight is 708 g/mol. The van der Waals surface area contributed by atoms with Crippen molar-refractivity contribution < 1.29 is 29.4 Å². The Morgan fingerprint density at radius 2 is 1.50 bits per heavy atom. The minimum absolute atomic E-state index is 0.0516. The number of phenolic OH excluding ortho intramolecular Hbond substituents is 2. The van der Waals surface area contributed by atoms with Crippen LogP contribution in [-0.4, -0.2) is 45.3 Å². The molecule has 6 unspecified atom stereocenters. The van der Waals surface area contributed by atoms with E-state index < -0.39 is 46.8 Å². The molecule has 6 atom stereocenters. The van der Waals surface area contributed by atoms with Gasteiger partial charge in [0.2, 0.25) is 23.6 Å². The first-order valence-corrected chi connectivity index (χ1v) is 17.4. The van der Waals surface area contributed by atoms with E-state index in [4.69, 9.17) is 23.2 Å². The molecular weight excluding hydrogens is 675 g/mol. The van der Waals surface area contributed by atoms with E-state index in [0.717, 1.165) is 11.1 Å². The van der Waals surface area contributed by atoms with Gasteiger partial charge in [0, 0.05) is 22.5 Å².